The molecule has 2 heterocycles. The highest BCUT2D eigenvalue weighted by molar-refractivity contribution is 7.86. The second-order valence-electron chi connectivity index (χ2n) is 5.43. The normalized spacial score (nSPS) is 25.4. The van der Waals surface area contributed by atoms with Gasteiger partial charge in [0.15, 0.2) is 0 Å². The summed E-state index contributed by atoms with van der Waals surface area (Å²) in [5.74, 6) is 0. The third-order valence-electron chi connectivity index (χ3n) is 4.15. The molecule has 6 heteroatoms. The van der Waals surface area contributed by atoms with Gasteiger partial charge in [0.05, 0.1) is 6.04 Å². The van der Waals surface area contributed by atoms with E-state index >= 15 is 0 Å². The van der Waals surface area contributed by atoms with Gasteiger partial charge in [0, 0.05) is 24.7 Å². The fourth-order valence-electron chi connectivity index (χ4n) is 3.10. The first-order chi connectivity index (χ1) is 9.59. The lowest BCUT2D eigenvalue weighted by Gasteiger charge is -2.28. The smallest absolute Gasteiger partial charge is 0.195 e. The quantitative estimate of drug-likeness (QED) is 0.861. The van der Waals surface area contributed by atoms with E-state index in [1.807, 2.05) is 24.3 Å². The highest BCUT2D eigenvalue weighted by atomic mass is 35.5. The maximum atomic E-state index is 12.7. The molecule has 110 valence electrons. The van der Waals surface area contributed by atoms with Gasteiger partial charge in [-0.25, -0.2) is 0 Å². The Labute approximate surface area is 125 Å². The van der Waals surface area contributed by atoms with Crippen LogP contribution in [-0.4, -0.2) is 36.7 Å². The molecule has 1 atom stereocenters. The minimum Gasteiger partial charge on any atom is -0.195 e. The maximum absolute atomic E-state index is 12.7. The van der Waals surface area contributed by atoms with E-state index in [1.165, 1.54) is 0 Å². The van der Waals surface area contributed by atoms with Crippen molar-refractivity contribution in [3.63, 3.8) is 0 Å². The first-order valence-electron chi connectivity index (χ1n) is 7.11. The summed E-state index contributed by atoms with van der Waals surface area (Å²) in [6.07, 6.45) is 3.74. The zero-order valence-corrected chi connectivity index (χ0v) is 12.9. The molecule has 2 fully saturated rings. The van der Waals surface area contributed by atoms with E-state index in [-0.39, 0.29) is 6.04 Å². The fourth-order valence-corrected chi connectivity index (χ4v) is 5.15. The van der Waals surface area contributed by atoms with Crippen LogP contribution in [0.25, 0.3) is 0 Å². The Kier molecular flexibility index (Phi) is 4.04. The Morgan fingerprint density at radius 1 is 1.00 bits per heavy atom. The van der Waals surface area contributed by atoms with Gasteiger partial charge >= 0.3 is 0 Å². The standard InChI is InChI=1S/C14H19ClN2O2S/c15-13-7-5-12(6-8-13)14-4-3-11-17(14)20(18,19)16-9-1-2-10-16/h5-8,14H,1-4,9-11H2/t14-/m1/s1. The molecule has 0 unspecified atom stereocenters. The van der Waals surface area contributed by atoms with E-state index in [0.29, 0.717) is 24.7 Å². The van der Waals surface area contributed by atoms with Crippen LogP contribution in [0.1, 0.15) is 37.3 Å². The predicted molar refractivity (Wildman–Crippen MR) is 79.9 cm³/mol. The summed E-state index contributed by atoms with van der Waals surface area (Å²) in [6.45, 7) is 1.93. The van der Waals surface area contributed by atoms with E-state index in [1.54, 1.807) is 8.61 Å². The van der Waals surface area contributed by atoms with Gasteiger partial charge in [-0.3, -0.25) is 0 Å². The van der Waals surface area contributed by atoms with Crippen LogP contribution in [0, 0.1) is 0 Å². The minimum atomic E-state index is -3.31. The molecule has 2 aliphatic rings. The molecular formula is C14H19ClN2O2S. The van der Waals surface area contributed by atoms with Crippen molar-refractivity contribution in [1.29, 1.82) is 0 Å². The molecule has 2 aliphatic heterocycles. The predicted octanol–water partition coefficient (Wildman–Crippen LogP) is 2.82. The molecule has 20 heavy (non-hydrogen) atoms. The van der Waals surface area contributed by atoms with Crippen molar-refractivity contribution in [2.24, 2.45) is 0 Å². The number of rotatable bonds is 3. The average Bonchev–Trinajstić information content (AvgIpc) is 3.11. The van der Waals surface area contributed by atoms with Crippen LogP contribution in [0.4, 0.5) is 0 Å². The third kappa shape index (κ3) is 2.60. The Hall–Kier alpha value is -0.620. The maximum Gasteiger partial charge on any atom is 0.282 e. The van der Waals surface area contributed by atoms with Crippen LogP contribution in [0.2, 0.25) is 5.02 Å². The molecular weight excluding hydrogens is 296 g/mol. The summed E-state index contributed by atoms with van der Waals surface area (Å²) in [7, 11) is -3.31. The van der Waals surface area contributed by atoms with Gasteiger partial charge in [-0.15, -0.1) is 0 Å². The number of hydrogen-bond donors (Lipinski definition) is 0. The lowest BCUT2D eigenvalue weighted by atomic mass is 10.1. The third-order valence-corrected chi connectivity index (χ3v) is 6.45. The molecule has 0 aliphatic carbocycles. The summed E-state index contributed by atoms with van der Waals surface area (Å²) in [5.41, 5.74) is 1.04. The Bertz CT molecular complexity index is 567. The summed E-state index contributed by atoms with van der Waals surface area (Å²) < 4.78 is 28.7. The Balaban J connectivity index is 1.86. The van der Waals surface area contributed by atoms with Crippen molar-refractivity contribution < 1.29 is 8.42 Å². The van der Waals surface area contributed by atoms with Crippen molar-refractivity contribution in [2.75, 3.05) is 19.6 Å². The van der Waals surface area contributed by atoms with Gasteiger partial charge in [-0.05, 0) is 43.4 Å². The molecule has 0 bridgehead atoms. The van der Waals surface area contributed by atoms with E-state index in [9.17, 15) is 8.42 Å². The molecule has 0 spiro atoms. The highest BCUT2D eigenvalue weighted by Gasteiger charge is 2.39. The van der Waals surface area contributed by atoms with Gasteiger partial charge in [0.2, 0.25) is 0 Å². The van der Waals surface area contributed by atoms with Gasteiger partial charge < -0.3 is 0 Å². The largest absolute Gasteiger partial charge is 0.282 e. The van der Waals surface area contributed by atoms with Crippen molar-refractivity contribution in [2.45, 2.75) is 31.7 Å². The molecule has 1 aromatic carbocycles. The topological polar surface area (TPSA) is 40.6 Å². The molecule has 3 rings (SSSR count). The molecule has 2 saturated heterocycles. The van der Waals surface area contributed by atoms with Crippen molar-refractivity contribution in [3.8, 4) is 0 Å². The van der Waals surface area contributed by atoms with Gasteiger partial charge in [-0.2, -0.15) is 17.0 Å². The van der Waals surface area contributed by atoms with Crippen molar-refractivity contribution >= 4 is 21.8 Å². The molecule has 0 N–H and O–H groups in total. The number of benzene rings is 1. The zero-order chi connectivity index (χ0) is 14.2. The van der Waals surface area contributed by atoms with Crippen LogP contribution in [0.5, 0.6) is 0 Å². The Morgan fingerprint density at radius 3 is 2.30 bits per heavy atom. The first kappa shape index (κ1) is 14.3. The lowest BCUT2D eigenvalue weighted by Crippen LogP contribution is -2.42. The zero-order valence-electron chi connectivity index (χ0n) is 11.3. The SMILES string of the molecule is O=S(=O)(N1CCCC1)N1CCC[C@@H]1c1ccc(Cl)cc1. The van der Waals surface area contributed by atoms with Crippen LogP contribution in [0.3, 0.4) is 0 Å². The van der Waals surface area contributed by atoms with Gasteiger partial charge in [0.25, 0.3) is 10.2 Å². The van der Waals surface area contributed by atoms with Gasteiger partial charge in [-0.1, -0.05) is 23.7 Å². The number of hydrogen-bond acceptors (Lipinski definition) is 2. The van der Waals surface area contributed by atoms with E-state index in [0.717, 1.165) is 31.2 Å². The Morgan fingerprint density at radius 2 is 1.65 bits per heavy atom. The van der Waals surface area contributed by atoms with E-state index in [4.69, 9.17) is 11.6 Å². The summed E-state index contributed by atoms with van der Waals surface area (Å²) in [5, 5.41) is 0.681. The second kappa shape index (κ2) is 5.64. The summed E-state index contributed by atoms with van der Waals surface area (Å²) in [6, 6.07) is 7.49. The van der Waals surface area contributed by atoms with E-state index < -0.39 is 10.2 Å². The monoisotopic (exact) mass is 314 g/mol. The summed E-state index contributed by atoms with van der Waals surface area (Å²) in [4.78, 5) is 0. The van der Waals surface area contributed by atoms with Crippen molar-refractivity contribution in [1.82, 2.24) is 8.61 Å². The number of nitrogens with zero attached hydrogens (tertiary/aromatic N) is 2. The van der Waals surface area contributed by atoms with Crippen LogP contribution in [0.15, 0.2) is 24.3 Å². The van der Waals surface area contributed by atoms with Crippen molar-refractivity contribution in [3.05, 3.63) is 34.9 Å². The fraction of sp³-hybridized carbons (Fsp3) is 0.571. The average molecular weight is 315 g/mol. The molecule has 4 nitrogen and oxygen atoms in total. The van der Waals surface area contributed by atoms with Crippen LogP contribution < -0.4 is 0 Å². The molecule has 0 saturated carbocycles. The number of halogens is 1. The van der Waals surface area contributed by atoms with Gasteiger partial charge in [0.1, 0.15) is 0 Å². The molecule has 1 aromatic rings. The van der Waals surface area contributed by atoms with E-state index in [2.05, 4.69) is 0 Å². The molecule has 0 amide bonds. The second-order valence-corrected chi connectivity index (χ2v) is 7.75. The minimum absolute atomic E-state index is 0.0436. The summed E-state index contributed by atoms with van der Waals surface area (Å²) >= 11 is 5.91. The highest BCUT2D eigenvalue weighted by Crippen LogP contribution is 2.36. The molecule has 0 aromatic heterocycles. The molecule has 0 radical (unpaired) electrons. The van der Waals surface area contributed by atoms with Crippen LogP contribution >= 0.6 is 11.6 Å². The van der Waals surface area contributed by atoms with Crippen LogP contribution in [-0.2, 0) is 10.2 Å². The lowest BCUT2D eigenvalue weighted by molar-refractivity contribution is 0.349. The first-order valence-corrected chi connectivity index (χ1v) is 8.89.